The molecule has 3 heterocycles. The summed E-state index contributed by atoms with van der Waals surface area (Å²) < 4.78 is 20.0. The van der Waals surface area contributed by atoms with Crippen molar-refractivity contribution in [2.45, 2.75) is 38.8 Å². The molecule has 0 saturated carbocycles. The van der Waals surface area contributed by atoms with E-state index >= 15 is 0 Å². The lowest BCUT2D eigenvalue weighted by molar-refractivity contribution is 0.0522. The predicted molar refractivity (Wildman–Crippen MR) is 191 cm³/mol. The van der Waals surface area contributed by atoms with Gasteiger partial charge in [0.05, 0.1) is 18.1 Å². The van der Waals surface area contributed by atoms with Crippen LogP contribution in [0.5, 0.6) is 11.5 Å². The van der Waals surface area contributed by atoms with Gasteiger partial charge in [-0.3, -0.25) is 0 Å². The highest BCUT2D eigenvalue weighted by molar-refractivity contribution is 6.00. The van der Waals surface area contributed by atoms with Crippen LogP contribution in [-0.2, 0) is 5.41 Å². The van der Waals surface area contributed by atoms with E-state index in [1.165, 1.54) is 11.3 Å². The largest absolute Gasteiger partial charge is 0.497 e. The van der Waals surface area contributed by atoms with Gasteiger partial charge in [0, 0.05) is 28.9 Å². The van der Waals surface area contributed by atoms with Gasteiger partial charge >= 0.3 is 0 Å². The number of fused-ring (bicyclic) bond motifs is 4. The van der Waals surface area contributed by atoms with E-state index in [0.717, 1.165) is 62.5 Å². The number of anilines is 1. The molecule has 5 heteroatoms. The summed E-state index contributed by atoms with van der Waals surface area (Å²) in [5.74, 6) is 3.21. The standard InChI is InChI=1S/C42H38N2O3/c1-27(2)26-44-36-19-13-12-18-35(36)41(3,4)42(44)23-22-33-32-21-20-31(45-5)24-30(32)25-34(39(33)47-42)40-43-37(28-14-8-6-9-15-28)38(46-40)29-16-10-7-11-17-29/h6-25,27H,26H2,1-5H3. The molecule has 234 valence electrons. The van der Waals surface area contributed by atoms with Gasteiger partial charge in [-0.2, -0.15) is 0 Å². The molecular formula is C42H38N2O3. The fourth-order valence-corrected chi connectivity index (χ4v) is 7.38. The minimum atomic E-state index is -0.764. The highest BCUT2D eigenvalue weighted by Crippen LogP contribution is 2.57. The molecule has 47 heavy (non-hydrogen) atoms. The van der Waals surface area contributed by atoms with E-state index in [4.69, 9.17) is 18.9 Å². The van der Waals surface area contributed by atoms with Crippen molar-refractivity contribution in [3.05, 3.63) is 126 Å². The Balaban J connectivity index is 1.39. The Labute approximate surface area is 276 Å². The van der Waals surface area contributed by atoms with Crippen molar-refractivity contribution in [2.24, 2.45) is 5.92 Å². The van der Waals surface area contributed by atoms with Crippen LogP contribution in [0.25, 0.3) is 50.9 Å². The zero-order valence-electron chi connectivity index (χ0n) is 27.5. The quantitative estimate of drug-likeness (QED) is 0.186. The molecule has 8 rings (SSSR count). The molecule has 0 aliphatic carbocycles. The highest BCUT2D eigenvalue weighted by Gasteiger charge is 2.59. The van der Waals surface area contributed by atoms with Gasteiger partial charge in [-0.15, -0.1) is 0 Å². The average molecular weight is 619 g/mol. The molecule has 0 saturated heterocycles. The summed E-state index contributed by atoms with van der Waals surface area (Å²) in [5.41, 5.74) is 5.92. The van der Waals surface area contributed by atoms with Gasteiger partial charge in [-0.25, -0.2) is 4.98 Å². The van der Waals surface area contributed by atoms with Crippen molar-refractivity contribution >= 4 is 22.5 Å². The van der Waals surface area contributed by atoms with E-state index in [0.29, 0.717) is 11.8 Å². The first-order valence-corrected chi connectivity index (χ1v) is 16.3. The van der Waals surface area contributed by atoms with Gasteiger partial charge in [0.1, 0.15) is 17.2 Å². The molecular weight excluding hydrogens is 580 g/mol. The third kappa shape index (κ3) is 4.48. The van der Waals surface area contributed by atoms with Crippen LogP contribution in [0.15, 0.2) is 120 Å². The number of para-hydroxylation sites is 1. The van der Waals surface area contributed by atoms with Gasteiger partial charge in [0.15, 0.2) is 5.76 Å². The second-order valence-corrected chi connectivity index (χ2v) is 13.5. The Morgan fingerprint density at radius 3 is 2.26 bits per heavy atom. The summed E-state index contributed by atoms with van der Waals surface area (Å²) in [4.78, 5) is 7.68. The lowest BCUT2D eigenvalue weighted by Gasteiger charge is -2.48. The summed E-state index contributed by atoms with van der Waals surface area (Å²) in [6.07, 6.45) is 4.52. The van der Waals surface area contributed by atoms with E-state index in [1.54, 1.807) is 7.11 Å². The van der Waals surface area contributed by atoms with Crippen LogP contribution < -0.4 is 14.4 Å². The molecule has 0 fully saturated rings. The van der Waals surface area contributed by atoms with Crippen LogP contribution in [0.4, 0.5) is 5.69 Å². The number of hydrogen-bond acceptors (Lipinski definition) is 5. The molecule has 1 unspecified atom stereocenters. The summed E-state index contributed by atoms with van der Waals surface area (Å²) in [5, 5.41) is 2.11. The first-order valence-electron chi connectivity index (χ1n) is 16.3. The van der Waals surface area contributed by atoms with Crippen LogP contribution in [0.2, 0.25) is 0 Å². The lowest BCUT2D eigenvalue weighted by atomic mass is 9.76. The average Bonchev–Trinajstić information content (AvgIpc) is 3.61. The summed E-state index contributed by atoms with van der Waals surface area (Å²) >= 11 is 0. The fraction of sp³-hybridized carbons (Fsp3) is 0.214. The van der Waals surface area contributed by atoms with Crippen molar-refractivity contribution in [2.75, 3.05) is 18.6 Å². The summed E-state index contributed by atoms with van der Waals surface area (Å²) in [6.45, 7) is 9.95. The molecule has 5 nitrogen and oxygen atoms in total. The highest BCUT2D eigenvalue weighted by atomic mass is 16.5. The Hall–Kier alpha value is -5.29. The normalized spacial score (nSPS) is 17.6. The molecule has 6 aromatic rings. The van der Waals surface area contributed by atoms with Crippen molar-refractivity contribution in [1.29, 1.82) is 0 Å². The molecule has 0 radical (unpaired) electrons. The Morgan fingerprint density at radius 2 is 1.53 bits per heavy atom. The predicted octanol–water partition coefficient (Wildman–Crippen LogP) is 10.4. The van der Waals surface area contributed by atoms with Gasteiger partial charge in [-0.1, -0.05) is 92.7 Å². The number of nitrogens with zero attached hydrogens (tertiary/aromatic N) is 2. The van der Waals surface area contributed by atoms with E-state index in [9.17, 15) is 0 Å². The van der Waals surface area contributed by atoms with Gasteiger partial charge in [0.25, 0.3) is 0 Å². The number of aromatic nitrogens is 1. The number of oxazole rings is 1. The van der Waals surface area contributed by atoms with Crippen LogP contribution in [0, 0.1) is 5.92 Å². The maximum absolute atomic E-state index is 7.51. The Kier molecular flexibility index (Phi) is 6.76. The second kappa shape index (κ2) is 10.9. The molecule has 2 aliphatic heterocycles. The topological polar surface area (TPSA) is 47.7 Å². The van der Waals surface area contributed by atoms with E-state index in [-0.39, 0.29) is 5.41 Å². The van der Waals surface area contributed by atoms with Gasteiger partial charge in [-0.05, 0) is 78.6 Å². The van der Waals surface area contributed by atoms with Crippen molar-refractivity contribution in [3.63, 3.8) is 0 Å². The van der Waals surface area contributed by atoms with E-state index in [2.05, 4.69) is 111 Å². The zero-order valence-corrected chi connectivity index (χ0v) is 27.5. The molecule has 2 aliphatic rings. The number of methoxy groups -OCH3 is 1. The minimum absolute atomic E-state index is 0.361. The molecule has 1 aromatic heterocycles. The van der Waals surface area contributed by atoms with E-state index < -0.39 is 5.72 Å². The van der Waals surface area contributed by atoms with E-state index in [1.807, 2.05) is 42.5 Å². The molecule has 1 spiro atoms. The fourth-order valence-electron chi connectivity index (χ4n) is 7.38. The van der Waals surface area contributed by atoms with Crippen molar-refractivity contribution < 1.29 is 13.9 Å². The van der Waals surface area contributed by atoms with Crippen LogP contribution >= 0.6 is 0 Å². The molecule has 0 bridgehead atoms. The monoisotopic (exact) mass is 618 g/mol. The minimum Gasteiger partial charge on any atom is -0.497 e. The molecule has 5 aromatic carbocycles. The Bertz CT molecular complexity index is 2090. The van der Waals surface area contributed by atoms with Crippen LogP contribution in [0.3, 0.4) is 0 Å². The summed E-state index contributed by atoms with van der Waals surface area (Å²) in [7, 11) is 1.70. The first-order chi connectivity index (χ1) is 22.8. The van der Waals surface area contributed by atoms with Gasteiger partial charge < -0.3 is 18.8 Å². The van der Waals surface area contributed by atoms with Crippen LogP contribution in [0.1, 0.15) is 38.8 Å². The molecule has 0 amide bonds. The Morgan fingerprint density at radius 1 is 0.830 bits per heavy atom. The first kappa shape index (κ1) is 29.1. The molecule has 1 atom stereocenters. The molecule has 0 N–H and O–H groups in total. The van der Waals surface area contributed by atoms with Gasteiger partial charge in [0.2, 0.25) is 11.6 Å². The second-order valence-electron chi connectivity index (χ2n) is 13.5. The third-order valence-electron chi connectivity index (χ3n) is 9.72. The number of benzene rings is 5. The lowest BCUT2D eigenvalue weighted by Crippen LogP contribution is -2.60. The zero-order chi connectivity index (χ0) is 32.3. The smallest absolute Gasteiger partial charge is 0.231 e. The third-order valence-corrected chi connectivity index (χ3v) is 9.72. The van der Waals surface area contributed by atoms with Crippen LogP contribution in [-0.4, -0.2) is 24.4 Å². The maximum Gasteiger partial charge on any atom is 0.231 e. The summed E-state index contributed by atoms with van der Waals surface area (Å²) in [6, 6.07) is 37.5. The number of hydrogen-bond donors (Lipinski definition) is 0. The number of rotatable bonds is 6. The van der Waals surface area contributed by atoms with Crippen molar-refractivity contribution in [1.82, 2.24) is 4.98 Å². The van der Waals surface area contributed by atoms with Crippen molar-refractivity contribution in [3.8, 4) is 45.5 Å². The maximum atomic E-state index is 7.51. The SMILES string of the molecule is COc1ccc2c3c(c(-c4nc(-c5ccccc5)c(-c5ccccc5)o4)cc2c1)OC1(C=C3)N(CC(C)C)c2ccccc2C1(C)C. The number of ether oxygens (including phenoxy) is 2.